The van der Waals surface area contributed by atoms with E-state index < -0.39 is 0 Å². The number of hydrogen-bond acceptors (Lipinski definition) is 2. The normalized spacial score (nSPS) is 12.9. The zero-order chi connectivity index (χ0) is 22.7. The first kappa shape index (κ1) is 21.8. The van der Waals surface area contributed by atoms with Crippen molar-refractivity contribution in [3.63, 3.8) is 0 Å². The molecular formula is C28H30N2O2. The lowest BCUT2D eigenvalue weighted by molar-refractivity contribution is 0.0984. The zero-order valence-corrected chi connectivity index (χ0v) is 19.1. The molecule has 0 radical (unpaired) electrons. The van der Waals surface area contributed by atoms with Crippen molar-refractivity contribution in [2.24, 2.45) is 0 Å². The quantitative estimate of drug-likeness (QED) is 0.547. The molecule has 32 heavy (non-hydrogen) atoms. The van der Waals surface area contributed by atoms with E-state index in [-0.39, 0.29) is 11.8 Å². The SMILES string of the molecule is CCc1cccc(CC)c1NC(=O)c1ccc2c(c1)CCCN2C(=O)c1cccc(C)c1. The fraction of sp³-hybridized carbons (Fsp3) is 0.286. The Morgan fingerprint density at radius 3 is 2.31 bits per heavy atom. The molecule has 0 bridgehead atoms. The molecule has 1 N–H and O–H groups in total. The molecule has 0 aromatic heterocycles. The summed E-state index contributed by atoms with van der Waals surface area (Å²) >= 11 is 0. The average molecular weight is 427 g/mol. The van der Waals surface area contributed by atoms with Crippen LogP contribution in [0.3, 0.4) is 0 Å². The Bertz CT molecular complexity index is 1140. The van der Waals surface area contributed by atoms with Gasteiger partial charge in [0.05, 0.1) is 0 Å². The van der Waals surface area contributed by atoms with E-state index in [1.807, 2.05) is 60.4 Å². The Labute approximate surface area is 190 Å². The fourth-order valence-corrected chi connectivity index (χ4v) is 4.47. The lowest BCUT2D eigenvalue weighted by atomic mass is 9.97. The first-order valence-corrected chi connectivity index (χ1v) is 11.4. The minimum absolute atomic E-state index is 0.0105. The molecule has 3 aromatic carbocycles. The summed E-state index contributed by atoms with van der Waals surface area (Å²) in [5.41, 5.74) is 7.56. The number of anilines is 2. The largest absolute Gasteiger partial charge is 0.321 e. The van der Waals surface area contributed by atoms with E-state index in [9.17, 15) is 9.59 Å². The summed E-state index contributed by atoms with van der Waals surface area (Å²) in [5, 5.41) is 3.15. The van der Waals surface area contributed by atoms with Crippen LogP contribution in [0.2, 0.25) is 0 Å². The van der Waals surface area contributed by atoms with Gasteiger partial charge in [0.1, 0.15) is 0 Å². The Morgan fingerprint density at radius 1 is 0.906 bits per heavy atom. The smallest absolute Gasteiger partial charge is 0.258 e. The second-order valence-corrected chi connectivity index (χ2v) is 8.39. The number of hydrogen-bond donors (Lipinski definition) is 1. The molecule has 0 saturated heterocycles. The van der Waals surface area contributed by atoms with Crippen LogP contribution in [0.5, 0.6) is 0 Å². The number of nitrogens with one attached hydrogen (secondary N) is 1. The van der Waals surface area contributed by atoms with Crippen molar-refractivity contribution in [3.8, 4) is 0 Å². The maximum atomic E-state index is 13.2. The van der Waals surface area contributed by atoms with Crippen LogP contribution in [0.1, 0.15) is 63.2 Å². The van der Waals surface area contributed by atoms with Crippen LogP contribution in [0, 0.1) is 6.92 Å². The highest BCUT2D eigenvalue weighted by Gasteiger charge is 2.25. The third-order valence-corrected chi connectivity index (χ3v) is 6.21. The molecule has 0 unspecified atom stereocenters. The van der Waals surface area contributed by atoms with Crippen LogP contribution in [0.4, 0.5) is 11.4 Å². The van der Waals surface area contributed by atoms with Crippen molar-refractivity contribution in [1.29, 1.82) is 0 Å². The maximum Gasteiger partial charge on any atom is 0.258 e. The van der Waals surface area contributed by atoms with Gasteiger partial charge in [0, 0.05) is 29.0 Å². The van der Waals surface area contributed by atoms with Crippen LogP contribution in [0.25, 0.3) is 0 Å². The fourth-order valence-electron chi connectivity index (χ4n) is 4.47. The highest BCUT2D eigenvalue weighted by Crippen LogP contribution is 2.30. The summed E-state index contributed by atoms with van der Waals surface area (Å²) in [6, 6.07) is 19.6. The average Bonchev–Trinajstić information content (AvgIpc) is 2.82. The highest BCUT2D eigenvalue weighted by atomic mass is 16.2. The third kappa shape index (κ3) is 4.31. The molecule has 0 saturated carbocycles. The van der Waals surface area contributed by atoms with E-state index in [1.165, 1.54) is 0 Å². The molecule has 0 spiro atoms. The molecule has 4 nitrogen and oxygen atoms in total. The topological polar surface area (TPSA) is 49.4 Å². The van der Waals surface area contributed by atoms with Crippen LogP contribution < -0.4 is 10.2 Å². The minimum Gasteiger partial charge on any atom is -0.321 e. The summed E-state index contributed by atoms with van der Waals surface area (Å²) in [5.74, 6) is -0.0955. The van der Waals surface area contributed by atoms with Crippen molar-refractivity contribution >= 4 is 23.2 Å². The van der Waals surface area contributed by atoms with E-state index in [2.05, 4.69) is 31.3 Å². The lowest BCUT2D eigenvalue weighted by Crippen LogP contribution is -2.35. The molecular weight excluding hydrogens is 396 g/mol. The number of nitrogens with zero attached hydrogens (tertiary/aromatic N) is 1. The van der Waals surface area contributed by atoms with Gasteiger partial charge in [-0.1, -0.05) is 49.7 Å². The minimum atomic E-state index is -0.106. The molecule has 164 valence electrons. The Balaban J connectivity index is 1.60. The third-order valence-electron chi connectivity index (χ3n) is 6.21. The number of para-hydroxylation sites is 1. The molecule has 4 heteroatoms. The number of rotatable bonds is 5. The van der Waals surface area contributed by atoms with Gasteiger partial charge in [-0.3, -0.25) is 9.59 Å². The highest BCUT2D eigenvalue weighted by molar-refractivity contribution is 6.08. The predicted molar refractivity (Wildman–Crippen MR) is 131 cm³/mol. The van der Waals surface area contributed by atoms with Crippen LogP contribution >= 0.6 is 0 Å². The molecule has 2 amide bonds. The van der Waals surface area contributed by atoms with Crippen LogP contribution in [0.15, 0.2) is 60.7 Å². The van der Waals surface area contributed by atoms with Crippen molar-refractivity contribution in [2.45, 2.75) is 46.5 Å². The number of carbonyl (C=O) groups excluding carboxylic acids is 2. The molecule has 0 aliphatic carbocycles. The lowest BCUT2D eigenvalue weighted by Gasteiger charge is -2.30. The molecule has 1 aliphatic rings. The van der Waals surface area contributed by atoms with Gasteiger partial charge in [0.2, 0.25) is 0 Å². The van der Waals surface area contributed by atoms with Gasteiger partial charge in [-0.25, -0.2) is 0 Å². The van der Waals surface area contributed by atoms with Gasteiger partial charge in [0.25, 0.3) is 11.8 Å². The molecule has 0 atom stereocenters. The Kier molecular flexibility index (Phi) is 6.40. The van der Waals surface area contributed by atoms with Gasteiger partial charge in [-0.05, 0) is 79.6 Å². The molecule has 4 rings (SSSR count). The van der Waals surface area contributed by atoms with E-state index >= 15 is 0 Å². The summed E-state index contributed by atoms with van der Waals surface area (Å²) < 4.78 is 0. The van der Waals surface area contributed by atoms with Gasteiger partial charge in [0.15, 0.2) is 0 Å². The summed E-state index contributed by atoms with van der Waals surface area (Å²) in [4.78, 5) is 28.1. The van der Waals surface area contributed by atoms with Gasteiger partial charge in [-0.15, -0.1) is 0 Å². The summed E-state index contributed by atoms with van der Waals surface area (Å²) in [6.45, 7) is 6.88. The number of carbonyl (C=O) groups is 2. The van der Waals surface area contributed by atoms with Crippen molar-refractivity contribution in [1.82, 2.24) is 0 Å². The first-order chi connectivity index (χ1) is 15.5. The standard InChI is InChI=1S/C28H30N2O2/c1-4-20-10-7-11-21(5-2)26(20)29-27(31)23-14-15-25-22(18-23)13-8-16-30(25)28(32)24-12-6-9-19(3)17-24/h6-7,9-12,14-15,17-18H,4-5,8,13,16H2,1-3H3,(H,29,31). The molecule has 0 fully saturated rings. The molecule has 1 aliphatic heterocycles. The number of fused-ring (bicyclic) bond motifs is 1. The monoisotopic (exact) mass is 426 g/mol. The number of benzene rings is 3. The predicted octanol–water partition coefficient (Wildman–Crippen LogP) is 5.97. The van der Waals surface area contributed by atoms with Crippen molar-refractivity contribution in [3.05, 3.63) is 94.0 Å². The Hall–Kier alpha value is -3.40. The van der Waals surface area contributed by atoms with Crippen molar-refractivity contribution < 1.29 is 9.59 Å². The van der Waals surface area contributed by atoms with E-state index in [4.69, 9.17) is 0 Å². The van der Waals surface area contributed by atoms with E-state index in [0.29, 0.717) is 17.7 Å². The molecule has 1 heterocycles. The first-order valence-electron chi connectivity index (χ1n) is 11.4. The second-order valence-electron chi connectivity index (χ2n) is 8.39. The van der Waals surface area contributed by atoms with E-state index in [0.717, 1.165) is 59.3 Å². The summed E-state index contributed by atoms with van der Waals surface area (Å²) in [7, 11) is 0. The van der Waals surface area contributed by atoms with Crippen LogP contribution in [-0.4, -0.2) is 18.4 Å². The van der Waals surface area contributed by atoms with Gasteiger partial charge < -0.3 is 10.2 Å². The van der Waals surface area contributed by atoms with Crippen molar-refractivity contribution in [2.75, 3.05) is 16.8 Å². The summed E-state index contributed by atoms with van der Waals surface area (Å²) in [6.07, 6.45) is 3.47. The van der Waals surface area contributed by atoms with Crippen LogP contribution in [-0.2, 0) is 19.3 Å². The molecule has 3 aromatic rings. The maximum absolute atomic E-state index is 13.2. The Morgan fingerprint density at radius 2 is 1.62 bits per heavy atom. The van der Waals surface area contributed by atoms with E-state index in [1.54, 1.807) is 0 Å². The zero-order valence-electron chi connectivity index (χ0n) is 19.1. The second kappa shape index (κ2) is 9.39. The van der Waals surface area contributed by atoms with Gasteiger partial charge >= 0.3 is 0 Å². The number of aryl methyl sites for hydroxylation is 4. The van der Waals surface area contributed by atoms with Gasteiger partial charge in [-0.2, -0.15) is 0 Å². The number of amides is 2.